The number of amides is 1. The van der Waals surface area contributed by atoms with Crippen LogP contribution in [0.4, 0.5) is 5.82 Å². The van der Waals surface area contributed by atoms with Crippen molar-refractivity contribution in [3.63, 3.8) is 0 Å². The molecule has 3 N–H and O–H groups in total. The number of nitrogens with one attached hydrogen (secondary N) is 2. The lowest BCUT2D eigenvalue weighted by atomic mass is 10.1. The van der Waals surface area contributed by atoms with Crippen molar-refractivity contribution < 1.29 is 19.4 Å². The van der Waals surface area contributed by atoms with Crippen LogP contribution in [-0.4, -0.2) is 68.6 Å². The van der Waals surface area contributed by atoms with Crippen molar-refractivity contribution in [2.45, 2.75) is 18.9 Å². The van der Waals surface area contributed by atoms with Gasteiger partial charge in [-0.15, -0.1) is 0 Å². The van der Waals surface area contributed by atoms with Crippen molar-refractivity contribution in [1.82, 2.24) is 30.2 Å². The highest BCUT2D eigenvalue weighted by atomic mass is 16.5. The zero-order valence-corrected chi connectivity index (χ0v) is 17.9. The van der Waals surface area contributed by atoms with Crippen molar-refractivity contribution in [3.8, 4) is 5.75 Å². The number of pyridine rings is 1. The Kier molecular flexibility index (Phi) is 6.58. The Labute approximate surface area is 188 Å². The Morgan fingerprint density at radius 2 is 2.15 bits per heavy atom. The molecule has 0 unspecified atom stereocenters. The Bertz CT molecular complexity index is 1280. The summed E-state index contributed by atoms with van der Waals surface area (Å²) in [5, 5.41) is 10.4. The number of carbonyl (C=O) groups is 2. The summed E-state index contributed by atoms with van der Waals surface area (Å²) in [4.78, 5) is 43.3. The Morgan fingerprint density at radius 1 is 1.33 bits per heavy atom. The van der Waals surface area contributed by atoms with Gasteiger partial charge in [-0.1, -0.05) is 12.1 Å². The van der Waals surface area contributed by atoms with Gasteiger partial charge in [0.25, 0.3) is 12.4 Å². The topological polar surface area (TPSA) is 146 Å². The summed E-state index contributed by atoms with van der Waals surface area (Å²) in [5.74, 6) is 1.23. The number of hydrogen-bond acceptors (Lipinski definition) is 8. The van der Waals surface area contributed by atoms with Gasteiger partial charge in [0.05, 0.1) is 17.9 Å². The van der Waals surface area contributed by atoms with Crippen molar-refractivity contribution in [1.29, 1.82) is 0 Å². The summed E-state index contributed by atoms with van der Waals surface area (Å²) in [6, 6.07) is 9.52. The van der Waals surface area contributed by atoms with Crippen LogP contribution >= 0.6 is 0 Å². The summed E-state index contributed by atoms with van der Waals surface area (Å²) in [7, 11) is 1.59. The van der Waals surface area contributed by atoms with Crippen LogP contribution in [0.25, 0.3) is 22.1 Å². The molecule has 170 valence electrons. The van der Waals surface area contributed by atoms with Gasteiger partial charge in [0.15, 0.2) is 11.5 Å². The van der Waals surface area contributed by atoms with Gasteiger partial charge >= 0.3 is 0 Å². The zero-order valence-electron chi connectivity index (χ0n) is 17.9. The molecular formula is C22H23N7O4. The summed E-state index contributed by atoms with van der Waals surface area (Å²) < 4.78 is 6.25. The molecule has 5 rings (SSSR count). The zero-order chi connectivity index (χ0) is 23.2. The minimum Gasteiger partial charge on any atom is -0.491 e. The van der Waals surface area contributed by atoms with Gasteiger partial charge in [0.1, 0.15) is 29.9 Å². The number of benzene rings is 1. The molecular weight excluding hydrogens is 426 g/mol. The highest BCUT2D eigenvalue weighted by Crippen LogP contribution is 2.30. The Morgan fingerprint density at radius 3 is 2.97 bits per heavy atom. The molecule has 11 heteroatoms. The SMILES string of the molecule is CNC(=O)c1cc(OC[C@H]2CCCN2c2ncnc3[nH]cnc23)c2ccccc2n1.O=CO. The maximum atomic E-state index is 12.1. The minimum atomic E-state index is -0.250. The number of fused-ring (bicyclic) bond motifs is 2. The third kappa shape index (κ3) is 4.52. The second kappa shape index (κ2) is 9.90. The molecule has 0 aliphatic carbocycles. The Balaban J connectivity index is 0.000000821. The monoisotopic (exact) mass is 449 g/mol. The summed E-state index contributed by atoms with van der Waals surface area (Å²) in [6.07, 6.45) is 5.22. The van der Waals surface area contributed by atoms with E-state index < -0.39 is 0 Å². The van der Waals surface area contributed by atoms with Crippen LogP contribution in [0.5, 0.6) is 5.75 Å². The smallest absolute Gasteiger partial charge is 0.290 e. The number of imidazole rings is 1. The maximum Gasteiger partial charge on any atom is 0.290 e. The second-order valence-corrected chi connectivity index (χ2v) is 7.30. The van der Waals surface area contributed by atoms with Crippen LogP contribution in [0.15, 0.2) is 43.0 Å². The quantitative estimate of drug-likeness (QED) is 0.389. The molecule has 11 nitrogen and oxygen atoms in total. The first-order valence-corrected chi connectivity index (χ1v) is 10.4. The van der Waals surface area contributed by atoms with E-state index in [2.05, 4.69) is 35.1 Å². The van der Waals surface area contributed by atoms with Crippen LogP contribution in [0, 0.1) is 0 Å². The van der Waals surface area contributed by atoms with Gasteiger partial charge in [-0.2, -0.15) is 0 Å². The number of aromatic amines is 1. The first-order chi connectivity index (χ1) is 16.2. The van der Waals surface area contributed by atoms with Gasteiger partial charge in [-0.05, 0) is 25.0 Å². The molecule has 1 saturated heterocycles. The first kappa shape index (κ1) is 21.9. The fourth-order valence-corrected chi connectivity index (χ4v) is 3.94. The standard InChI is InChI=1S/C21H21N7O2.CH2O2/c1-22-21(29)16-9-17(14-6-2-3-7-15(14)27-16)30-10-13-5-4-8-28(13)20-18-19(24-11-23-18)25-12-26-20;2-1-3/h2-3,6-7,9,11-13H,4-5,8,10H2,1H3,(H,22,29)(H,23,24,25,26);1H,(H,2,3)/t13-;/m1./s1. The number of para-hydroxylation sites is 1. The minimum absolute atomic E-state index is 0.148. The number of nitrogens with zero attached hydrogens (tertiary/aromatic N) is 5. The summed E-state index contributed by atoms with van der Waals surface area (Å²) in [5.41, 5.74) is 2.55. The van der Waals surface area contributed by atoms with E-state index in [1.165, 1.54) is 0 Å². The van der Waals surface area contributed by atoms with Crippen molar-refractivity contribution in [2.24, 2.45) is 0 Å². The van der Waals surface area contributed by atoms with E-state index in [-0.39, 0.29) is 18.4 Å². The summed E-state index contributed by atoms with van der Waals surface area (Å²) >= 11 is 0. The third-order valence-corrected chi connectivity index (χ3v) is 5.42. The lowest BCUT2D eigenvalue weighted by Crippen LogP contribution is -2.35. The van der Waals surface area contributed by atoms with E-state index in [1.807, 2.05) is 24.3 Å². The predicted octanol–water partition coefficient (Wildman–Crippen LogP) is 2.01. The third-order valence-electron chi connectivity index (χ3n) is 5.42. The number of rotatable bonds is 5. The van der Waals surface area contributed by atoms with Crippen LogP contribution in [0.3, 0.4) is 0 Å². The number of carbonyl (C=O) groups excluding carboxylic acids is 1. The largest absolute Gasteiger partial charge is 0.491 e. The molecule has 0 bridgehead atoms. The van der Waals surface area contributed by atoms with Gasteiger partial charge in [0.2, 0.25) is 0 Å². The maximum absolute atomic E-state index is 12.1. The highest BCUT2D eigenvalue weighted by molar-refractivity contribution is 5.96. The van der Waals surface area contributed by atoms with Gasteiger partial charge in [-0.3, -0.25) is 9.59 Å². The van der Waals surface area contributed by atoms with E-state index in [0.29, 0.717) is 18.1 Å². The molecule has 1 amide bonds. The molecule has 0 saturated carbocycles. The average molecular weight is 449 g/mol. The molecule has 1 aliphatic heterocycles. The van der Waals surface area contributed by atoms with Crippen molar-refractivity contribution >= 4 is 40.3 Å². The normalized spacial score (nSPS) is 15.2. The van der Waals surface area contributed by atoms with Crippen LogP contribution in [-0.2, 0) is 4.79 Å². The highest BCUT2D eigenvalue weighted by Gasteiger charge is 2.28. The molecule has 0 spiro atoms. The number of aromatic nitrogens is 5. The number of ether oxygens (including phenoxy) is 1. The van der Waals surface area contributed by atoms with E-state index in [4.69, 9.17) is 14.6 Å². The van der Waals surface area contributed by atoms with E-state index in [1.54, 1.807) is 25.8 Å². The van der Waals surface area contributed by atoms with Gasteiger partial charge in [0, 0.05) is 25.0 Å². The first-order valence-electron chi connectivity index (χ1n) is 10.4. The lowest BCUT2D eigenvalue weighted by Gasteiger charge is -2.26. The van der Waals surface area contributed by atoms with Crippen LogP contribution < -0.4 is 15.0 Å². The molecule has 1 aliphatic rings. The molecule has 3 aromatic heterocycles. The van der Waals surface area contributed by atoms with E-state index in [9.17, 15) is 4.79 Å². The lowest BCUT2D eigenvalue weighted by molar-refractivity contribution is -0.122. The van der Waals surface area contributed by atoms with Crippen LogP contribution in [0.2, 0.25) is 0 Å². The molecule has 4 aromatic rings. The van der Waals surface area contributed by atoms with Crippen molar-refractivity contribution in [2.75, 3.05) is 25.1 Å². The molecule has 1 atom stereocenters. The predicted molar refractivity (Wildman–Crippen MR) is 121 cm³/mol. The number of hydrogen-bond donors (Lipinski definition) is 3. The van der Waals surface area contributed by atoms with Crippen molar-refractivity contribution in [3.05, 3.63) is 48.7 Å². The van der Waals surface area contributed by atoms with Gasteiger partial charge < -0.3 is 25.0 Å². The molecule has 0 radical (unpaired) electrons. The fourth-order valence-electron chi connectivity index (χ4n) is 3.94. The van der Waals surface area contributed by atoms with Gasteiger partial charge in [-0.25, -0.2) is 19.9 Å². The molecule has 4 heterocycles. The second-order valence-electron chi connectivity index (χ2n) is 7.30. The number of anilines is 1. The molecule has 1 fully saturated rings. The number of carboxylic acid groups (broad SMARTS) is 1. The van der Waals surface area contributed by atoms with E-state index >= 15 is 0 Å². The fraction of sp³-hybridized carbons (Fsp3) is 0.273. The average Bonchev–Trinajstić information content (AvgIpc) is 3.51. The Hall–Kier alpha value is -4.28. The molecule has 33 heavy (non-hydrogen) atoms. The van der Waals surface area contributed by atoms with E-state index in [0.717, 1.165) is 47.3 Å². The molecule has 1 aromatic carbocycles. The number of H-pyrrole nitrogens is 1. The summed E-state index contributed by atoms with van der Waals surface area (Å²) in [6.45, 7) is 1.10. The van der Waals surface area contributed by atoms with Crippen LogP contribution in [0.1, 0.15) is 23.3 Å².